The van der Waals surface area contributed by atoms with E-state index in [1.165, 1.54) is 3.97 Å². The van der Waals surface area contributed by atoms with Crippen molar-refractivity contribution in [3.05, 3.63) is 60.3 Å². The molecule has 0 aliphatic heterocycles. The van der Waals surface area contributed by atoms with Crippen LogP contribution >= 0.6 is 15.9 Å². The van der Waals surface area contributed by atoms with Crippen LogP contribution in [0.4, 0.5) is 0 Å². The Bertz CT molecular complexity index is 848. The highest BCUT2D eigenvalue weighted by Crippen LogP contribution is 2.32. The van der Waals surface area contributed by atoms with Crippen LogP contribution in [0.2, 0.25) is 0 Å². The normalized spacial score (nSPS) is 22.0. The molecule has 5 heteroatoms. The van der Waals surface area contributed by atoms with E-state index in [0.717, 1.165) is 16.5 Å². The average molecular weight is 366 g/mol. The highest BCUT2D eigenvalue weighted by atomic mass is 79.9. The van der Waals surface area contributed by atoms with Gasteiger partial charge in [-0.05, 0) is 25.0 Å². The fourth-order valence-electron chi connectivity index (χ4n) is 2.67. The maximum Gasteiger partial charge on any atom is 0.248 e. The van der Waals surface area contributed by atoms with Crippen LogP contribution < -0.4 is 0 Å². The van der Waals surface area contributed by atoms with E-state index in [2.05, 4.69) is 15.9 Å². The number of nitrogens with zero attached hydrogens (tertiary/aromatic N) is 1. The number of halogens is 1. The van der Waals surface area contributed by atoms with Crippen LogP contribution in [0.1, 0.15) is 18.9 Å². The van der Waals surface area contributed by atoms with Crippen molar-refractivity contribution in [2.45, 2.75) is 23.4 Å². The first kappa shape index (κ1) is 14.6. The number of hydrogen-bond donors (Lipinski definition) is 0. The van der Waals surface area contributed by atoms with Crippen LogP contribution in [-0.2, 0) is 15.4 Å². The molecule has 1 unspecified atom stereocenters. The summed E-state index contributed by atoms with van der Waals surface area (Å²) in [6, 6.07) is 7.68. The largest absolute Gasteiger partial charge is 0.248 e. The van der Waals surface area contributed by atoms with Crippen LogP contribution in [0, 0.1) is 0 Å². The topological polar surface area (TPSA) is 39.1 Å². The average Bonchev–Trinajstić information content (AvgIpc) is 2.92. The van der Waals surface area contributed by atoms with E-state index in [1.807, 2.05) is 36.4 Å². The number of para-hydroxylation sites is 1. The van der Waals surface area contributed by atoms with Gasteiger partial charge in [0.15, 0.2) is 0 Å². The zero-order valence-electron chi connectivity index (χ0n) is 11.7. The number of benzene rings is 1. The Morgan fingerprint density at radius 1 is 1.29 bits per heavy atom. The van der Waals surface area contributed by atoms with Crippen molar-refractivity contribution in [2.24, 2.45) is 0 Å². The van der Waals surface area contributed by atoms with Gasteiger partial charge in [-0.3, -0.25) is 0 Å². The second-order valence-corrected chi connectivity index (χ2v) is 8.25. The molecule has 3 nitrogen and oxygen atoms in total. The molecule has 0 saturated heterocycles. The summed E-state index contributed by atoms with van der Waals surface area (Å²) in [5.41, 5.74) is 1.73. The highest BCUT2D eigenvalue weighted by molar-refractivity contribution is 9.08. The van der Waals surface area contributed by atoms with Crippen LogP contribution in [0.15, 0.2) is 54.8 Å². The Kier molecular flexibility index (Phi) is 3.58. The molecular formula is C16H16BrNO2S. The fourth-order valence-corrected chi connectivity index (χ4v) is 4.81. The molecule has 0 N–H and O–H groups in total. The molecule has 3 rings (SSSR count). The van der Waals surface area contributed by atoms with Crippen molar-refractivity contribution in [1.29, 1.82) is 0 Å². The van der Waals surface area contributed by atoms with Gasteiger partial charge in [0.05, 0.1) is 5.52 Å². The molecule has 21 heavy (non-hydrogen) atoms. The van der Waals surface area contributed by atoms with Crippen molar-refractivity contribution in [2.75, 3.05) is 0 Å². The van der Waals surface area contributed by atoms with Gasteiger partial charge in [0.25, 0.3) is 0 Å². The van der Waals surface area contributed by atoms with Gasteiger partial charge < -0.3 is 0 Å². The van der Waals surface area contributed by atoms with Gasteiger partial charge in [-0.15, -0.1) is 0 Å². The first-order valence-electron chi connectivity index (χ1n) is 6.74. The predicted molar refractivity (Wildman–Crippen MR) is 90.2 cm³/mol. The van der Waals surface area contributed by atoms with Gasteiger partial charge in [-0.25, -0.2) is 12.4 Å². The minimum Gasteiger partial charge on any atom is -0.244 e. The maximum absolute atomic E-state index is 13.1. The molecule has 0 fully saturated rings. The van der Waals surface area contributed by atoms with Crippen LogP contribution in [0.3, 0.4) is 0 Å². The molecule has 0 amide bonds. The summed E-state index contributed by atoms with van der Waals surface area (Å²) in [5.74, 6) is 0. The molecule has 1 aromatic heterocycles. The molecule has 0 radical (unpaired) electrons. The molecule has 1 heterocycles. The number of fused-ring (bicyclic) bond motifs is 1. The molecule has 2 aromatic rings. The van der Waals surface area contributed by atoms with Gasteiger partial charge in [0.2, 0.25) is 10.0 Å². The van der Waals surface area contributed by atoms with E-state index in [9.17, 15) is 8.42 Å². The first-order chi connectivity index (χ1) is 9.99. The fraction of sp³-hybridized carbons (Fsp3) is 0.250. The lowest BCUT2D eigenvalue weighted by Crippen LogP contribution is -2.37. The Balaban J connectivity index is 2.25. The Morgan fingerprint density at radius 2 is 2.10 bits per heavy atom. The van der Waals surface area contributed by atoms with Gasteiger partial charge in [-0.2, -0.15) is 0 Å². The van der Waals surface area contributed by atoms with Gasteiger partial charge >= 0.3 is 0 Å². The van der Waals surface area contributed by atoms with Crippen LogP contribution in [0.5, 0.6) is 0 Å². The van der Waals surface area contributed by atoms with Crippen molar-refractivity contribution >= 4 is 36.9 Å². The Hall–Kier alpha value is -1.33. The highest BCUT2D eigenvalue weighted by Gasteiger charge is 2.38. The summed E-state index contributed by atoms with van der Waals surface area (Å²) < 4.78 is 26.8. The maximum atomic E-state index is 13.1. The summed E-state index contributed by atoms with van der Waals surface area (Å²) in [6.45, 7) is 1.77. The SMILES string of the molecule is CC1(S(=O)(=O)n2ccc3cccc(CBr)c32)C=CC=CC1. The number of rotatable bonds is 3. The Morgan fingerprint density at radius 3 is 2.76 bits per heavy atom. The van der Waals surface area contributed by atoms with E-state index >= 15 is 0 Å². The quantitative estimate of drug-likeness (QED) is 0.771. The summed E-state index contributed by atoms with van der Waals surface area (Å²) >= 11 is 3.44. The predicted octanol–water partition coefficient (Wildman–Crippen LogP) is 3.99. The number of aromatic nitrogens is 1. The lowest BCUT2D eigenvalue weighted by molar-refractivity contribution is 0.555. The van der Waals surface area contributed by atoms with Crippen LogP contribution in [0.25, 0.3) is 10.9 Å². The summed E-state index contributed by atoms with van der Waals surface area (Å²) in [5, 5.41) is 1.56. The second-order valence-electron chi connectivity index (χ2n) is 5.41. The number of hydrogen-bond acceptors (Lipinski definition) is 2. The van der Waals surface area contributed by atoms with E-state index < -0.39 is 14.8 Å². The minimum absolute atomic E-state index is 0.488. The zero-order chi connectivity index (χ0) is 15.1. The lowest BCUT2D eigenvalue weighted by atomic mass is 10.0. The molecular weight excluding hydrogens is 350 g/mol. The van der Waals surface area contributed by atoms with E-state index in [-0.39, 0.29) is 0 Å². The Labute approximate surface area is 133 Å². The van der Waals surface area contributed by atoms with Crippen molar-refractivity contribution < 1.29 is 8.42 Å². The van der Waals surface area contributed by atoms with Crippen molar-refractivity contribution in [3.63, 3.8) is 0 Å². The third-order valence-electron chi connectivity index (χ3n) is 3.97. The molecule has 1 aliphatic carbocycles. The smallest absolute Gasteiger partial charge is 0.244 e. The van der Waals surface area contributed by atoms with Gasteiger partial charge in [0, 0.05) is 16.9 Å². The molecule has 0 bridgehead atoms. The zero-order valence-corrected chi connectivity index (χ0v) is 14.1. The number of alkyl halides is 1. The molecule has 110 valence electrons. The molecule has 1 aromatic carbocycles. The molecule has 0 saturated carbocycles. The second kappa shape index (κ2) is 5.14. The standard InChI is InChI=1S/C16H16BrNO2S/c1-16(9-3-2-4-10-16)21(19,20)18-11-8-13-6-5-7-14(12-17)15(13)18/h2-9,11H,10,12H2,1H3. The molecule has 1 aliphatic rings. The van der Waals surface area contributed by atoms with Gasteiger partial charge in [-0.1, -0.05) is 58.4 Å². The third kappa shape index (κ3) is 2.19. The van der Waals surface area contributed by atoms with Crippen molar-refractivity contribution in [1.82, 2.24) is 3.97 Å². The summed E-state index contributed by atoms with van der Waals surface area (Å²) in [4.78, 5) is 0. The van der Waals surface area contributed by atoms with E-state index in [0.29, 0.717) is 11.8 Å². The van der Waals surface area contributed by atoms with E-state index in [1.54, 1.807) is 25.3 Å². The molecule has 1 atom stereocenters. The summed E-state index contributed by atoms with van der Waals surface area (Å²) in [6.07, 6.45) is 9.50. The van der Waals surface area contributed by atoms with Crippen LogP contribution in [-0.4, -0.2) is 17.1 Å². The monoisotopic (exact) mass is 365 g/mol. The first-order valence-corrected chi connectivity index (χ1v) is 9.30. The van der Waals surface area contributed by atoms with Gasteiger partial charge in [0.1, 0.15) is 4.75 Å². The third-order valence-corrected chi connectivity index (χ3v) is 6.88. The minimum atomic E-state index is -3.52. The lowest BCUT2D eigenvalue weighted by Gasteiger charge is -2.27. The van der Waals surface area contributed by atoms with E-state index in [4.69, 9.17) is 0 Å². The van der Waals surface area contributed by atoms with Crippen molar-refractivity contribution in [3.8, 4) is 0 Å². The summed E-state index contributed by atoms with van der Waals surface area (Å²) in [7, 11) is -3.52. The number of allylic oxidation sites excluding steroid dienone is 3. The molecule has 0 spiro atoms.